The van der Waals surface area contributed by atoms with Gasteiger partial charge in [0.2, 0.25) is 0 Å². The Hall–Kier alpha value is -0.990. The Morgan fingerprint density at radius 2 is 2.42 bits per heavy atom. The molecule has 1 aliphatic rings. The van der Waals surface area contributed by atoms with Crippen molar-refractivity contribution in [1.29, 1.82) is 0 Å². The van der Waals surface area contributed by atoms with Crippen molar-refractivity contribution in [2.75, 3.05) is 13.2 Å². The highest BCUT2D eigenvalue weighted by molar-refractivity contribution is 5.92. The molecule has 1 heterocycles. The highest BCUT2D eigenvalue weighted by atomic mass is 16.5. The van der Waals surface area contributed by atoms with Crippen molar-refractivity contribution in [1.82, 2.24) is 4.90 Å². The lowest BCUT2D eigenvalue weighted by molar-refractivity contribution is -0.139. The Labute approximate surface area is 73.0 Å². The summed E-state index contributed by atoms with van der Waals surface area (Å²) in [5.74, 6) is 0.494. The third-order valence-electron chi connectivity index (χ3n) is 2.09. The van der Waals surface area contributed by atoms with Gasteiger partial charge in [0.05, 0.1) is 6.04 Å². The average Bonchev–Trinajstić information content (AvgIpc) is 2.06. The van der Waals surface area contributed by atoms with Gasteiger partial charge in [-0.05, 0) is 26.8 Å². The van der Waals surface area contributed by atoms with E-state index in [9.17, 15) is 4.79 Å². The van der Waals surface area contributed by atoms with Crippen molar-refractivity contribution in [2.24, 2.45) is 0 Å². The summed E-state index contributed by atoms with van der Waals surface area (Å²) in [5, 5.41) is 0. The van der Waals surface area contributed by atoms with Crippen LogP contribution in [-0.4, -0.2) is 30.0 Å². The first-order valence-electron chi connectivity index (χ1n) is 4.30. The molecule has 3 heteroatoms. The van der Waals surface area contributed by atoms with Crippen LogP contribution in [-0.2, 0) is 9.53 Å². The van der Waals surface area contributed by atoms with Crippen molar-refractivity contribution >= 4 is 5.91 Å². The Kier molecular flexibility index (Phi) is 2.74. The maximum absolute atomic E-state index is 11.5. The quantitative estimate of drug-likeness (QED) is 0.551. The summed E-state index contributed by atoms with van der Waals surface area (Å²) in [6, 6.07) is 0.200. The Morgan fingerprint density at radius 1 is 1.75 bits per heavy atom. The van der Waals surface area contributed by atoms with Crippen LogP contribution in [0.25, 0.3) is 0 Å². The number of ether oxygens (including phenoxy) is 1. The van der Waals surface area contributed by atoms with E-state index in [1.807, 2.05) is 25.7 Å². The van der Waals surface area contributed by atoms with Gasteiger partial charge in [-0.15, -0.1) is 0 Å². The molecule has 0 radical (unpaired) electrons. The van der Waals surface area contributed by atoms with E-state index in [0.717, 1.165) is 6.54 Å². The smallest absolute Gasteiger partial charge is 0.288 e. The summed E-state index contributed by atoms with van der Waals surface area (Å²) < 4.78 is 5.25. The molecule has 68 valence electrons. The van der Waals surface area contributed by atoms with Crippen molar-refractivity contribution in [2.45, 2.75) is 26.8 Å². The first-order valence-corrected chi connectivity index (χ1v) is 4.30. The third kappa shape index (κ3) is 1.44. The SMILES string of the molecule is C/C=C1\OCC(C)N(CC)C1=O. The second kappa shape index (κ2) is 3.61. The monoisotopic (exact) mass is 169 g/mol. The number of nitrogens with zero attached hydrogens (tertiary/aromatic N) is 1. The summed E-state index contributed by atoms with van der Waals surface area (Å²) in [6.07, 6.45) is 1.72. The van der Waals surface area contributed by atoms with Crippen LogP contribution in [0.2, 0.25) is 0 Å². The van der Waals surface area contributed by atoms with Gasteiger partial charge in [0.1, 0.15) is 6.61 Å². The number of hydrogen-bond acceptors (Lipinski definition) is 2. The van der Waals surface area contributed by atoms with Crippen molar-refractivity contribution in [3.05, 3.63) is 11.8 Å². The van der Waals surface area contributed by atoms with E-state index in [0.29, 0.717) is 12.4 Å². The highest BCUT2D eigenvalue weighted by Crippen LogP contribution is 2.14. The molecule has 0 saturated carbocycles. The number of carbonyl (C=O) groups excluding carboxylic acids is 1. The number of hydrogen-bond donors (Lipinski definition) is 0. The fraction of sp³-hybridized carbons (Fsp3) is 0.667. The first kappa shape index (κ1) is 9.10. The zero-order valence-electron chi connectivity index (χ0n) is 7.83. The second-order valence-corrected chi connectivity index (χ2v) is 2.90. The van der Waals surface area contributed by atoms with Gasteiger partial charge < -0.3 is 9.64 Å². The minimum Gasteiger partial charge on any atom is -0.486 e. The van der Waals surface area contributed by atoms with E-state index in [2.05, 4.69) is 0 Å². The normalized spacial score (nSPS) is 27.6. The molecule has 0 aliphatic carbocycles. The van der Waals surface area contributed by atoms with Crippen LogP contribution in [0, 0.1) is 0 Å². The van der Waals surface area contributed by atoms with Crippen molar-refractivity contribution < 1.29 is 9.53 Å². The summed E-state index contributed by atoms with van der Waals surface area (Å²) in [4.78, 5) is 13.3. The number of allylic oxidation sites excluding steroid dienone is 1. The third-order valence-corrected chi connectivity index (χ3v) is 2.09. The summed E-state index contributed by atoms with van der Waals surface area (Å²) in [7, 11) is 0. The molecule has 1 amide bonds. The molecule has 12 heavy (non-hydrogen) atoms. The zero-order chi connectivity index (χ0) is 9.14. The van der Waals surface area contributed by atoms with E-state index >= 15 is 0 Å². The summed E-state index contributed by atoms with van der Waals surface area (Å²) >= 11 is 0. The Morgan fingerprint density at radius 3 is 2.92 bits per heavy atom. The minimum absolute atomic E-state index is 0.0127. The predicted octanol–water partition coefficient (Wildman–Crippen LogP) is 1.16. The van der Waals surface area contributed by atoms with Crippen molar-refractivity contribution in [3.63, 3.8) is 0 Å². The number of rotatable bonds is 1. The molecule has 0 aromatic heterocycles. The molecule has 3 nitrogen and oxygen atoms in total. The highest BCUT2D eigenvalue weighted by Gasteiger charge is 2.28. The molecule has 0 N–H and O–H groups in total. The van der Waals surface area contributed by atoms with E-state index < -0.39 is 0 Å². The van der Waals surface area contributed by atoms with Crippen LogP contribution in [0.5, 0.6) is 0 Å². The van der Waals surface area contributed by atoms with Crippen molar-refractivity contribution in [3.8, 4) is 0 Å². The lowest BCUT2D eigenvalue weighted by Gasteiger charge is -2.33. The zero-order valence-corrected chi connectivity index (χ0v) is 7.83. The largest absolute Gasteiger partial charge is 0.486 e. The molecule has 0 bridgehead atoms. The van der Waals surface area contributed by atoms with E-state index in [1.165, 1.54) is 0 Å². The van der Waals surface area contributed by atoms with Crippen LogP contribution in [0.15, 0.2) is 11.8 Å². The standard InChI is InChI=1S/C9H15NO2/c1-4-8-9(11)10(5-2)7(3)6-12-8/h4,7H,5-6H2,1-3H3/b8-4-. The molecule has 0 aromatic rings. The van der Waals surface area contributed by atoms with Crippen LogP contribution in [0.1, 0.15) is 20.8 Å². The van der Waals surface area contributed by atoms with E-state index in [1.54, 1.807) is 6.08 Å². The molecular formula is C9H15NO2. The Balaban J connectivity index is 2.77. The number of morpholine rings is 1. The maximum Gasteiger partial charge on any atom is 0.288 e. The van der Waals surface area contributed by atoms with Gasteiger partial charge in [-0.1, -0.05) is 0 Å². The van der Waals surface area contributed by atoms with Gasteiger partial charge in [-0.3, -0.25) is 4.79 Å². The van der Waals surface area contributed by atoms with Crippen LogP contribution in [0.3, 0.4) is 0 Å². The lowest BCUT2D eigenvalue weighted by atomic mass is 10.2. The van der Waals surface area contributed by atoms with E-state index in [-0.39, 0.29) is 11.9 Å². The summed E-state index contributed by atoms with van der Waals surface area (Å²) in [5.41, 5.74) is 0. The summed E-state index contributed by atoms with van der Waals surface area (Å²) in [6.45, 7) is 7.15. The minimum atomic E-state index is 0.0127. The molecule has 0 spiro atoms. The van der Waals surface area contributed by atoms with Crippen LogP contribution in [0.4, 0.5) is 0 Å². The topological polar surface area (TPSA) is 29.5 Å². The van der Waals surface area contributed by atoms with Gasteiger partial charge in [0.25, 0.3) is 5.91 Å². The molecule has 0 aromatic carbocycles. The van der Waals surface area contributed by atoms with Gasteiger partial charge >= 0.3 is 0 Å². The lowest BCUT2D eigenvalue weighted by Crippen LogP contribution is -2.46. The fourth-order valence-electron chi connectivity index (χ4n) is 1.37. The average molecular weight is 169 g/mol. The fourth-order valence-corrected chi connectivity index (χ4v) is 1.37. The maximum atomic E-state index is 11.5. The number of carbonyl (C=O) groups is 1. The molecular weight excluding hydrogens is 154 g/mol. The second-order valence-electron chi connectivity index (χ2n) is 2.90. The molecule has 1 atom stereocenters. The van der Waals surface area contributed by atoms with Gasteiger partial charge in [-0.25, -0.2) is 0 Å². The van der Waals surface area contributed by atoms with Crippen LogP contribution < -0.4 is 0 Å². The van der Waals surface area contributed by atoms with Gasteiger partial charge in [0, 0.05) is 6.54 Å². The molecule has 1 rings (SSSR count). The van der Waals surface area contributed by atoms with E-state index in [4.69, 9.17) is 4.74 Å². The molecule has 1 unspecified atom stereocenters. The number of likely N-dealkylation sites (N-methyl/N-ethyl adjacent to an activating group) is 1. The van der Waals surface area contributed by atoms with Gasteiger partial charge in [0.15, 0.2) is 5.76 Å². The first-order chi connectivity index (χ1) is 5.70. The number of amides is 1. The van der Waals surface area contributed by atoms with Crippen LogP contribution >= 0.6 is 0 Å². The predicted molar refractivity (Wildman–Crippen MR) is 46.6 cm³/mol. The Bertz CT molecular complexity index is 211. The van der Waals surface area contributed by atoms with Gasteiger partial charge in [-0.2, -0.15) is 0 Å². The molecule has 1 fully saturated rings. The molecule has 1 aliphatic heterocycles. The molecule has 1 saturated heterocycles.